The predicted octanol–water partition coefficient (Wildman–Crippen LogP) is 4.92. The van der Waals surface area contributed by atoms with Crippen molar-refractivity contribution in [3.05, 3.63) is 100 Å². The van der Waals surface area contributed by atoms with Crippen LogP contribution in [0.5, 0.6) is 0 Å². The van der Waals surface area contributed by atoms with E-state index in [-0.39, 0.29) is 0 Å². The van der Waals surface area contributed by atoms with E-state index in [2.05, 4.69) is 17.1 Å². The fraction of sp³-hybridized carbons (Fsp3) is 0.182. The van der Waals surface area contributed by atoms with Gasteiger partial charge in [0.2, 0.25) is 0 Å². The summed E-state index contributed by atoms with van der Waals surface area (Å²) in [5, 5.41) is 19.6. The normalized spacial score (nSPS) is 21.8. The first-order chi connectivity index (χ1) is 12.5. The van der Waals surface area contributed by atoms with E-state index in [0.29, 0.717) is 29.6 Å². The summed E-state index contributed by atoms with van der Waals surface area (Å²) in [6.45, 7) is 0. The Morgan fingerprint density at radius 2 is 1.62 bits per heavy atom. The van der Waals surface area contributed by atoms with Crippen molar-refractivity contribution in [2.75, 3.05) is 0 Å². The summed E-state index contributed by atoms with van der Waals surface area (Å²) < 4.78 is 0. The molecule has 4 heteroatoms. The van der Waals surface area contributed by atoms with Crippen LogP contribution in [-0.2, 0) is 5.60 Å². The smallest absolute Gasteiger partial charge is 0.129 e. The first-order valence-electron chi connectivity index (χ1n) is 8.64. The Kier molecular flexibility index (Phi) is 4.35. The molecule has 0 spiro atoms. The van der Waals surface area contributed by atoms with Crippen LogP contribution in [0.2, 0.25) is 5.15 Å². The number of nitrogens with zero attached hydrogens (tertiary/aromatic N) is 1. The van der Waals surface area contributed by atoms with Crippen molar-refractivity contribution >= 4 is 17.3 Å². The number of rotatable bonds is 4. The van der Waals surface area contributed by atoms with Crippen molar-refractivity contribution in [2.24, 2.45) is 0 Å². The molecule has 0 bridgehead atoms. The van der Waals surface area contributed by atoms with Crippen LogP contribution in [0.4, 0.5) is 0 Å². The minimum Gasteiger partial charge on any atom is -0.385 e. The summed E-state index contributed by atoms with van der Waals surface area (Å²) >= 11 is 5.82. The lowest BCUT2D eigenvalue weighted by Gasteiger charge is -2.44. The molecule has 1 saturated carbocycles. The van der Waals surface area contributed by atoms with Gasteiger partial charge in [-0.05, 0) is 36.0 Å². The Morgan fingerprint density at radius 3 is 2.23 bits per heavy atom. The van der Waals surface area contributed by atoms with E-state index in [9.17, 15) is 5.11 Å². The van der Waals surface area contributed by atoms with Crippen LogP contribution in [0, 0.1) is 5.41 Å². The lowest BCUT2D eigenvalue weighted by molar-refractivity contribution is -0.0552. The fourth-order valence-corrected chi connectivity index (χ4v) is 3.68. The number of pyridine rings is 1. The number of hydrogen-bond donors (Lipinski definition) is 2. The molecule has 0 amide bonds. The molecule has 0 unspecified atom stereocenters. The highest BCUT2D eigenvalue weighted by Gasteiger charge is 2.44. The largest absolute Gasteiger partial charge is 0.385 e. The molecule has 0 aliphatic heterocycles. The van der Waals surface area contributed by atoms with Gasteiger partial charge in [0.25, 0.3) is 0 Å². The Hall–Kier alpha value is -2.49. The standard InChI is InChI=1S/C22H19ClN2O/c23-20-11-10-19(14-25-20)22(26)12-18(13-22)15-6-8-17(9-7-15)21(24)16-4-2-1-3-5-16/h1-11,14,18,24,26H,12-13H2. The van der Waals surface area contributed by atoms with Gasteiger partial charge in [-0.1, -0.05) is 72.3 Å². The molecule has 1 fully saturated rings. The number of hydrogen-bond acceptors (Lipinski definition) is 3. The van der Waals surface area contributed by atoms with Gasteiger partial charge >= 0.3 is 0 Å². The monoisotopic (exact) mass is 362 g/mol. The van der Waals surface area contributed by atoms with Crippen LogP contribution in [0.3, 0.4) is 0 Å². The van der Waals surface area contributed by atoms with Gasteiger partial charge in [0.05, 0.1) is 11.3 Å². The van der Waals surface area contributed by atoms with Gasteiger partial charge in [-0.2, -0.15) is 0 Å². The van der Waals surface area contributed by atoms with Gasteiger partial charge < -0.3 is 5.11 Å². The molecule has 2 N–H and O–H groups in total. The lowest BCUT2D eigenvalue weighted by atomic mass is 9.65. The second kappa shape index (κ2) is 6.67. The summed E-state index contributed by atoms with van der Waals surface area (Å²) in [6.07, 6.45) is 3.00. The number of halogens is 1. The molecule has 1 aliphatic rings. The van der Waals surface area contributed by atoms with Gasteiger partial charge in [0.15, 0.2) is 0 Å². The summed E-state index contributed by atoms with van der Waals surface area (Å²) in [6, 6.07) is 21.4. The van der Waals surface area contributed by atoms with Crippen LogP contribution in [-0.4, -0.2) is 15.8 Å². The van der Waals surface area contributed by atoms with Crippen molar-refractivity contribution in [3.63, 3.8) is 0 Å². The topological polar surface area (TPSA) is 57.0 Å². The van der Waals surface area contributed by atoms with E-state index in [1.165, 1.54) is 5.56 Å². The third-order valence-electron chi connectivity index (χ3n) is 5.17. The second-order valence-electron chi connectivity index (χ2n) is 6.87. The van der Waals surface area contributed by atoms with E-state index < -0.39 is 5.60 Å². The first kappa shape index (κ1) is 17.0. The zero-order valence-electron chi connectivity index (χ0n) is 14.2. The molecular formula is C22H19ClN2O. The van der Waals surface area contributed by atoms with Crippen molar-refractivity contribution in [2.45, 2.75) is 24.4 Å². The van der Waals surface area contributed by atoms with Crippen molar-refractivity contribution in [1.29, 1.82) is 5.41 Å². The highest BCUT2D eigenvalue weighted by atomic mass is 35.5. The Balaban J connectivity index is 1.46. The molecule has 3 nitrogen and oxygen atoms in total. The summed E-state index contributed by atoms with van der Waals surface area (Å²) in [7, 11) is 0. The molecule has 0 saturated heterocycles. The maximum atomic E-state index is 10.8. The molecule has 2 aromatic carbocycles. The highest BCUT2D eigenvalue weighted by Crippen LogP contribution is 2.50. The number of aliphatic hydroxyl groups is 1. The first-order valence-corrected chi connectivity index (χ1v) is 9.02. The van der Waals surface area contributed by atoms with E-state index in [1.54, 1.807) is 12.3 Å². The lowest BCUT2D eigenvalue weighted by Crippen LogP contribution is -2.39. The van der Waals surface area contributed by atoms with Crippen LogP contribution in [0.1, 0.15) is 41.0 Å². The van der Waals surface area contributed by atoms with Gasteiger partial charge in [0.1, 0.15) is 5.15 Å². The maximum absolute atomic E-state index is 10.8. The zero-order chi connectivity index (χ0) is 18.1. The Morgan fingerprint density at radius 1 is 0.962 bits per heavy atom. The van der Waals surface area contributed by atoms with E-state index in [1.807, 2.05) is 48.5 Å². The minimum atomic E-state index is -0.822. The van der Waals surface area contributed by atoms with Crippen LogP contribution < -0.4 is 0 Å². The van der Waals surface area contributed by atoms with E-state index >= 15 is 0 Å². The van der Waals surface area contributed by atoms with Crippen molar-refractivity contribution < 1.29 is 5.11 Å². The number of benzene rings is 2. The molecule has 0 radical (unpaired) electrons. The molecule has 1 aliphatic carbocycles. The fourth-order valence-electron chi connectivity index (χ4n) is 3.57. The molecular weight excluding hydrogens is 344 g/mol. The summed E-state index contributed by atoms with van der Waals surface area (Å²) in [5.41, 5.74) is 3.53. The quantitative estimate of drug-likeness (QED) is 0.511. The molecule has 1 heterocycles. The third-order valence-corrected chi connectivity index (χ3v) is 5.39. The van der Waals surface area contributed by atoms with Crippen LogP contribution in [0.15, 0.2) is 72.9 Å². The van der Waals surface area contributed by atoms with Gasteiger partial charge in [0, 0.05) is 17.3 Å². The van der Waals surface area contributed by atoms with E-state index in [0.717, 1.165) is 16.7 Å². The van der Waals surface area contributed by atoms with Gasteiger partial charge in [-0.25, -0.2) is 4.98 Å². The predicted molar refractivity (Wildman–Crippen MR) is 104 cm³/mol. The second-order valence-corrected chi connectivity index (χ2v) is 7.26. The highest BCUT2D eigenvalue weighted by molar-refractivity contribution is 6.29. The molecule has 4 rings (SSSR count). The maximum Gasteiger partial charge on any atom is 0.129 e. The molecule has 1 aromatic heterocycles. The molecule has 0 atom stereocenters. The number of aromatic nitrogens is 1. The Bertz CT molecular complexity index is 915. The average Bonchev–Trinajstić information content (AvgIpc) is 2.66. The third kappa shape index (κ3) is 3.16. The van der Waals surface area contributed by atoms with Crippen LogP contribution >= 0.6 is 11.6 Å². The summed E-state index contributed by atoms with van der Waals surface area (Å²) in [4.78, 5) is 4.07. The molecule has 3 aromatic rings. The van der Waals surface area contributed by atoms with Gasteiger partial charge in [-0.15, -0.1) is 0 Å². The minimum absolute atomic E-state index is 0.315. The summed E-state index contributed by atoms with van der Waals surface area (Å²) in [5.74, 6) is 0.315. The molecule has 130 valence electrons. The van der Waals surface area contributed by atoms with Crippen molar-refractivity contribution in [3.8, 4) is 0 Å². The van der Waals surface area contributed by atoms with Crippen molar-refractivity contribution in [1.82, 2.24) is 4.98 Å². The SMILES string of the molecule is N=C(c1ccccc1)c1ccc(C2CC(O)(c3ccc(Cl)nc3)C2)cc1. The number of nitrogens with one attached hydrogen (secondary N) is 1. The van der Waals surface area contributed by atoms with E-state index in [4.69, 9.17) is 17.0 Å². The van der Waals surface area contributed by atoms with Gasteiger partial charge in [-0.3, -0.25) is 5.41 Å². The molecule has 26 heavy (non-hydrogen) atoms. The average molecular weight is 363 g/mol. The van der Waals surface area contributed by atoms with Crippen LogP contribution in [0.25, 0.3) is 0 Å². The Labute approximate surface area is 157 Å². The zero-order valence-corrected chi connectivity index (χ0v) is 14.9.